The van der Waals surface area contributed by atoms with Gasteiger partial charge in [-0.15, -0.1) is 0 Å². The second kappa shape index (κ2) is 43.7. The van der Waals surface area contributed by atoms with E-state index < -0.39 is 74.8 Å². The zero-order valence-electron chi connectivity index (χ0n) is 74.1. The van der Waals surface area contributed by atoms with Crippen LogP contribution < -0.4 is 56.2 Å². The van der Waals surface area contributed by atoms with Gasteiger partial charge < -0.3 is 66.0 Å². The van der Waals surface area contributed by atoms with Gasteiger partial charge in [0.15, 0.2) is 17.2 Å². The van der Waals surface area contributed by atoms with E-state index in [9.17, 15) is 56.7 Å². The third-order valence-electron chi connectivity index (χ3n) is 23.1. The highest BCUT2D eigenvalue weighted by Gasteiger charge is 2.43. The van der Waals surface area contributed by atoms with Gasteiger partial charge in [-0.25, -0.2) is 27.5 Å². The Kier molecular flexibility index (Phi) is 33.9. The van der Waals surface area contributed by atoms with E-state index in [1.807, 2.05) is 197 Å². The van der Waals surface area contributed by atoms with E-state index in [1.54, 1.807) is 51.1 Å². The number of benzene rings is 7. The van der Waals surface area contributed by atoms with E-state index in [1.165, 1.54) is 0 Å². The number of hydrogen-bond donors (Lipinski definition) is 9. The lowest BCUT2D eigenvalue weighted by Crippen LogP contribution is -2.49. The Morgan fingerprint density at radius 1 is 0.415 bits per heavy atom. The minimum Gasteiger partial charge on any atom is -0.486 e. The number of carboxylic acids is 1. The summed E-state index contributed by atoms with van der Waals surface area (Å²) >= 11 is 0. The first-order chi connectivity index (χ1) is 58.3. The maximum Gasteiger partial charge on any atom is 0.407 e. The summed E-state index contributed by atoms with van der Waals surface area (Å²) < 4.78 is 59.1. The molecule has 12 atom stereocenters. The Hall–Kier alpha value is -11.3. The number of carbonyl (C=O) groups is 9. The number of amides is 8. The maximum atomic E-state index is 15.0. The monoisotopic (exact) mass is 1710 g/mol. The van der Waals surface area contributed by atoms with Gasteiger partial charge in [0, 0.05) is 48.8 Å². The van der Waals surface area contributed by atoms with E-state index in [2.05, 4.69) is 55.8 Å². The second-order valence-corrected chi connectivity index (χ2v) is 37.4. The number of nitrogens with one attached hydrogen (secondary N) is 8. The lowest BCUT2D eigenvalue weighted by Gasteiger charge is -2.39. The summed E-state index contributed by atoms with van der Waals surface area (Å²) in [5, 5.41) is 31.1. The summed E-state index contributed by atoms with van der Waals surface area (Å²) in [6.45, 7) is 31.3. The van der Waals surface area contributed by atoms with Gasteiger partial charge in [0.25, 0.3) is 11.8 Å². The van der Waals surface area contributed by atoms with Crippen molar-refractivity contribution in [2.45, 2.75) is 237 Å². The van der Waals surface area contributed by atoms with Gasteiger partial charge in [0.1, 0.15) is 36.6 Å². The molecule has 26 heteroatoms. The van der Waals surface area contributed by atoms with Crippen LogP contribution in [0.2, 0.25) is 0 Å². The number of hydrogen-bond acceptors (Lipinski definition) is 16. The standard InChI is InChI=1S/C67H86N6O11S.C30H40N2O6/c1-11-46-32-53(60(82-39-49-20-15-13-16-21-49)57(34-46)70-63(76)52-37-56(45(7)31-43(52)5)72-66(79)84-67(8,9)10)64(77)69-55-36-51(42(4)30-44(55)6)62(75)71-58-35-47(12-2)33-54(61(58)83-40-50-22-17-14-18-23-50)65(78)73-85(80,81)29-19-24-59(74)68-38-48-27-25-41(3)26-28-48;1-7-20-14-23(28(34)35)26(37-17-21-11-9-8-10-12-21)25(15-20)31-27(33)22-16-24(19(3)13-18(22)2)32-29(36)38-30(4,5)6/h13-18,20-23,25-28,32-35,42-45,51-52,55-56H,11-12,19,24,29-31,36-40H2,1-10H3,(H,68,74)(H,69,77)(H,70,76)(H,71,75)(H,72,79)(H,73,78);8-12,14-15,18-19,22,24H,7,13,16-17H2,1-6H3,(H,31,33)(H,32,36)(H,34,35)/t42-,43+,44+,45-,51-,52+,55+,56-;18-,19+,22-,24+/m10/s1. The van der Waals surface area contributed by atoms with Crippen molar-refractivity contribution in [3.63, 3.8) is 0 Å². The molecular formula is C97H126N8O17S. The smallest absolute Gasteiger partial charge is 0.407 e. The largest absolute Gasteiger partial charge is 0.486 e. The van der Waals surface area contributed by atoms with Crippen molar-refractivity contribution in [2.75, 3.05) is 21.7 Å². The highest BCUT2D eigenvalue weighted by atomic mass is 32.2. The van der Waals surface area contributed by atoms with Gasteiger partial charge in [0.05, 0.1) is 33.9 Å². The number of sulfonamides is 1. The minimum absolute atomic E-state index is 0.00497. The normalized spacial score (nSPS) is 20.7. The van der Waals surface area contributed by atoms with Crippen molar-refractivity contribution in [2.24, 2.45) is 53.3 Å². The number of carboxylic acid groups (broad SMARTS) is 1. The molecule has 0 spiro atoms. The van der Waals surface area contributed by atoms with Crippen LogP contribution in [0.3, 0.4) is 0 Å². The molecule has 0 aliphatic heterocycles. The Morgan fingerprint density at radius 2 is 0.756 bits per heavy atom. The third kappa shape index (κ3) is 28.4. The molecule has 0 bridgehead atoms. The number of aromatic carboxylic acids is 1. The molecule has 3 saturated carbocycles. The minimum atomic E-state index is -4.25. The van der Waals surface area contributed by atoms with Crippen molar-refractivity contribution in [3.8, 4) is 17.2 Å². The topological polar surface area (TPSA) is 350 Å². The first-order valence-electron chi connectivity index (χ1n) is 43.1. The van der Waals surface area contributed by atoms with E-state index in [4.69, 9.17) is 23.7 Å². The molecule has 0 heterocycles. The predicted molar refractivity (Wildman–Crippen MR) is 477 cm³/mol. The van der Waals surface area contributed by atoms with Crippen molar-refractivity contribution in [3.05, 3.63) is 213 Å². The highest BCUT2D eigenvalue weighted by Crippen LogP contribution is 2.43. The Morgan fingerprint density at radius 3 is 1.11 bits per heavy atom. The number of carbonyl (C=O) groups excluding carboxylic acids is 8. The molecule has 8 amide bonds. The van der Waals surface area contributed by atoms with E-state index >= 15 is 0 Å². The van der Waals surface area contributed by atoms with Crippen molar-refractivity contribution >= 4 is 80.7 Å². The lowest BCUT2D eigenvalue weighted by molar-refractivity contribution is -0.123. The van der Waals surface area contributed by atoms with Gasteiger partial charge >= 0.3 is 18.2 Å². The first kappa shape index (κ1) is 95.6. The molecule has 0 radical (unpaired) electrons. The molecule has 662 valence electrons. The van der Waals surface area contributed by atoms with Gasteiger partial charge in [-0.1, -0.05) is 183 Å². The number of anilines is 3. The van der Waals surface area contributed by atoms with Crippen LogP contribution in [0.1, 0.15) is 231 Å². The molecule has 123 heavy (non-hydrogen) atoms. The molecule has 0 unspecified atom stereocenters. The summed E-state index contributed by atoms with van der Waals surface area (Å²) in [6.07, 6.45) is 3.50. The average molecular weight is 1710 g/mol. The Balaban J connectivity index is 0.000000375. The predicted octanol–water partition coefficient (Wildman–Crippen LogP) is 17.4. The molecule has 0 saturated heterocycles. The molecular weight excluding hydrogens is 1580 g/mol. The lowest BCUT2D eigenvalue weighted by atomic mass is 9.72. The SMILES string of the molecule is CCc1cc(NC(=O)[C@H]2C[C@@H](NC(=O)OC(C)(C)C)[C@H](C)C[C@@H]2C)c(OCc2ccccc2)c(C(=O)N[C@H]2C[C@@H](C(=O)Nc3cc(CC)cc(C(=O)NS(=O)(=O)CCCC(=O)NCc4ccc(C)cc4)c3OCc3ccccc3)[C@H](C)C[C@@H]2C)c1.CCc1cc(NC(=O)[C@H]2C[C@@H](NC(=O)OC(C)(C)C)[C@H](C)C[C@@H]2C)c(OCc2ccccc2)c(C(=O)O)c1. The number of rotatable bonds is 31. The fourth-order valence-corrected chi connectivity index (χ4v) is 17.3. The van der Waals surface area contributed by atoms with Crippen molar-refractivity contribution < 1.29 is 80.4 Å². The molecule has 7 aromatic carbocycles. The van der Waals surface area contributed by atoms with Crippen LogP contribution in [-0.2, 0) is 84.3 Å². The highest BCUT2D eigenvalue weighted by molar-refractivity contribution is 7.90. The van der Waals surface area contributed by atoms with E-state index in [-0.39, 0.29) is 156 Å². The zero-order chi connectivity index (χ0) is 89.6. The summed E-state index contributed by atoms with van der Waals surface area (Å²) in [6, 6.07) is 45.1. The quantitative estimate of drug-likeness (QED) is 0.0195. The first-order valence-corrected chi connectivity index (χ1v) is 44.7. The summed E-state index contributed by atoms with van der Waals surface area (Å²) in [7, 11) is -4.25. The van der Waals surface area contributed by atoms with Crippen LogP contribution >= 0.6 is 0 Å². The van der Waals surface area contributed by atoms with E-state index in [0.29, 0.717) is 68.4 Å². The van der Waals surface area contributed by atoms with Crippen LogP contribution in [0.5, 0.6) is 17.2 Å². The molecule has 25 nitrogen and oxygen atoms in total. The number of alkyl carbamates (subject to hydrolysis) is 2. The molecule has 10 rings (SSSR count). The van der Waals surface area contributed by atoms with Crippen molar-refractivity contribution in [1.29, 1.82) is 0 Å². The summed E-state index contributed by atoms with van der Waals surface area (Å²) in [5.41, 5.74) is 6.35. The molecule has 9 N–H and O–H groups in total. The fourth-order valence-electron chi connectivity index (χ4n) is 16.3. The molecule has 0 aromatic heterocycles. The maximum absolute atomic E-state index is 15.0. The second-order valence-electron chi connectivity index (χ2n) is 35.5. The van der Waals surface area contributed by atoms with Crippen LogP contribution in [0, 0.1) is 60.2 Å². The van der Waals surface area contributed by atoms with Gasteiger partial charge in [0.2, 0.25) is 33.7 Å². The molecule has 3 fully saturated rings. The Bertz CT molecular complexity index is 4940. The van der Waals surface area contributed by atoms with Crippen LogP contribution in [0.4, 0.5) is 26.7 Å². The summed E-state index contributed by atoms with van der Waals surface area (Å²) in [5.74, 6) is -5.32. The third-order valence-corrected chi connectivity index (χ3v) is 24.4. The van der Waals surface area contributed by atoms with Gasteiger partial charge in [-0.3, -0.25) is 28.8 Å². The fraction of sp³-hybridized carbons (Fsp3) is 0.474. The molecule has 3 aliphatic rings. The van der Waals surface area contributed by atoms with Crippen molar-refractivity contribution in [1.82, 2.24) is 26.0 Å². The molecule has 3 aliphatic carbocycles. The van der Waals surface area contributed by atoms with E-state index in [0.717, 1.165) is 45.4 Å². The van der Waals surface area contributed by atoms with Gasteiger partial charge in [-0.05, 0) is 224 Å². The number of ether oxygens (including phenoxy) is 5. The summed E-state index contributed by atoms with van der Waals surface area (Å²) in [4.78, 5) is 122. The number of aryl methyl sites for hydroxylation is 4. The van der Waals surface area contributed by atoms with Crippen LogP contribution in [0.15, 0.2) is 152 Å². The van der Waals surface area contributed by atoms with Crippen LogP contribution in [0.25, 0.3) is 0 Å². The Labute approximate surface area is 725 Å². The van der Waals surface area contributed by atoms with Gasteiger partial charge in [-0.2, -0.15) is 0 Å². The molecule has 7 aromatic rings. The van der Waals surface area contributed by atoms with Crippen LogP contribution in [-0.4, -0.2) is 102 Å². The zero-order valence-corrected chi connectivity index (χ0v) is 74.9. The average Bonchev–Trinajstić information content (AvgIpc) is 0.796.